The molecule has 1 fully saturated rings. The fourth-order valence-corrected chi connectivity index (χ4v) is 4.24. The van der Waals surface area contributed by atoms with Crippen molar-refractivity contribution in [2.75, 3.05) is 37.7 Å². The van der Waals surface area contributed by atoms with Crippen LogP contribution in [0.25, 0.3) is 0 Å². The molecular weight excluding hydrogens is 431 g/mol. The molecule has 7 heteroatoms. The smallest absolute Gasteiger partial charge is 0.213 e. The molecule has 0 amide bonds. The molecule has 0 bridgehead atoms. The monoisotopic (exact) mass is 452 g/mol. The summed E-state index contributed by atoms with van der Waals surface area (Å²) in [4.78, 5) is 8.90. The van der Waals surface area contributed by atoms with Gasteiger partial charge in [0.25, 0.3) is 0 Å². The van der Waals surface area contributed by atoms with Gasteiger partial charge in [-0.15, -0.1) is 0 Å². The van der Waals surface area contributed by atoms with Crippen LogP contribution in [0, 0.1) is 11.3 Å². The third-order valence-corrected chi connectivity index (χ3v) is 5.96. The van der Waals surface area contributed by atoms with Gasteiger partial charge in [-0.25, -0.2) is 4.98 Å². The molecule has 0 spiro atoms. The predicted octanol–water partition coefficient (Wildman–Crippen LogP) is 5.20. The van der Waals surface area contributed by atoms with E-state index in [0.29, 0.717) is 28.1 Å². The lowest BCUT2D eigenvalue weighted by Crippen LogP contribution is -2.49. The van der Waals surface area contributed by atoms with Crippen molar-refractivity contribution in [1.29, 1.82) is 5.26 Å². The van der Waals surface area contributed by atoms with Gasteiger partial charge < -0.3 is 9.64 Å². The third-order valence-electron chi connectivity index (χ3n) is 5.40. The van der Waals surface area contributed by atoms with Crippen LogP contribution >= 0.6 is 23.2 Å². The summed E-state index contributed by atoms with van der Waals surface area (Å²) in [6.45, 7) is 3.88. The zero-order valence-corrected chi connectivity index (χ0v) is 18.4. The van der Waals surface area contributed by atoms with Gasteiger partial charge in [-0.2, -0.15) is 5.26 Å². The summed E-state index contributed by atoms with van der Waals surface area (Å²) in [6.07, 6.45) is 1.73. The Bertz CT molecular complexity index is 1050. The standard InChI is InChI=1S/C24H22Cl2N4O/c25-20-7-5-19(6-8-20)23-17-29(13-14-31-24-3-1-2-10-28-24)11-12-30(23)22-9-4-18(16-27)15-21(22)26/h1-10,15,23H,11-14,17H2/t23-/m0/s1. The molecule has 1 aromatic heterocycles. The van der Waals surface area contributed by atoms with Crippen molar-refractivity contribution < 1.29 is 4.74 Å². The van der Waals surface area contributed by atoms with E-state index in [1.165, 1.54) is 5.56 Å². The number of ether oxygens (including phenoxy) is 1. The van der Waals surface area contributed by atoms with Crippen molar-refractivity contribution in [2.24, 2.45) is 0 Å². The summed E-state index contributed by atoms with van der Waals surface area (Å²) in [5, 5.41) is 10.5. The Labute approximate surface area is 192 Å². The summed E-state index contributed by atoms with van der Waals surface area (Å²) in [5.41, 5.74) is 2.66. The largest absolute Gasteiger partial charge is 0.476 e. The van der Waals surface area contributed by atoms with Gasteiger partial charge in [-0.05, 0) is 42.0 Å². The number of hydrogen-bond acceptors (Lipinski definition) is 5. The van der Waals surface area contributed by atoms with E-state index < -0.39 is 0 Å². The fraction of sp³-hybridized carbons (Fsp3) is 0.250. The lowest BCUT2D eigenvalue weighted by atomic mass is 10.0. The van der Waals surface area contributed by atoms with E-state index in [1.54, 1.807) is 12.3 Å². The first kappa shape index (κ1) is 21.5. The number of piperazine rings is 1. The molecule has 0 radical (unpaired) electrons. The van der Waals surface area contributed by atoms with E-state index in [2.05, 4.69) is 33.0 Å². The number of pyridine rings is 1. The van der Waals surface area contributed by atoms with Crippen LogP contribution in [0.4, 0.5) is 5.69 Å². The molecule has 1 aliphatic rings. The molecule has 0 unspecified atom stereocenters. The molecule has 4 rings (SSSR count). The van der Waals surface area contributed by atoms with Crippen molar-refractivity contribution in [1.82, 2.24) is 9.88 Å². The van der Waals surface area contributed by atoms with Crippen molar-refractivity contribution in [3.63, 3.8) is 0 Å². The van der Waals surface area contributed by atoms with Gasteiger partial charge in [0.05, 0.1) is 28.4 Å². The molecule has 2 aromatic carbocycles. The Balaban J connectivity index is 1.51. The minimum atomic E-state index is 0.103. The van der Waals surface area contributed by atoms with E-state index in [1.807, 2.05) is 42.5 Å². The summed E-state index contributed by atoms with van der Waals surface area (Å²) in [6, 6.07) is 21.3. The Morgan fingerprint density at radius 2 is 1.90 bits per heavy atom. The normalized spacial score (nSPS) is 16.7. The zero-order valence-electron chi connectivity index (χ0n) is 16.9. The molecular formula is C24H22Cl2N4O. The van der Waals surface area contributed by atoms with Crippen molar-refractivity contribution in [2.45, 2.75) is 6.04 Å². The second kappa shape index (κ2) is 10.0. The molecule has 3 aromatic rings. The number of anilines is 1. The van der Waals surface area contributed by atoms with Crippen molar-refractivity contribution in [3.8, 4) is 11.9 Å². The number of nitrogens with zero attached hydrogens (tertiary/aromatic N) is 4. The Morgan fingerprint density at radius 3 is 2.61 bits per heavy atom. The Hall–Kier alpha value is -2.78. The number of benzene rings is 2. The number of hydrogen-bond donors (Lipinski definition) is 0. The zero-order chi connectivity index (χ0) is 21.6. The molecule has 1 aliphatic heterocycles. The lowest BCUT2D eigenvalue weighted by molar-refractivity contribution is 0.178. The summed E-state index contributed by atoms with van der Waals surface area (Å²) in [5.74, 6) is 0.639. The second-order valence-electron chi connectivity index (χ2n) is 7.36. The molecule has 1 atom stereocenters. The first-order valence-electron chi connectivity index (χ1n) is 10.1. The molecule has 0 aliphatic carbocycles. The first-order chi connectivity index (χ1) is 15.1. The quantitative estimate of drug-likeness (QED) is 0.514. The van der Waals surface area contributed by atoms with Crippen molar-refractivity contribution in [3.05, 3.63) is 88.0 Å². The number of halogens is 2. The van der Waals surface area contributed by atoms with Crippen LogP contribution in [0.15, 0.2) is 66.9 Å². The van der Waals surface area contributed by atoms with Crippen LogP contribution in [0.1, 0.15) is 17.2 Å². The Kier molecular flexibility index (Phi) is 6.93. The lowest BCUT2D eigenvalue weighted by Gasteiger charge is -2.43. The summed E-state index contributed by atoms with van der Waals surface area (Å²) in [7, 11) is 0. The average Bonchev–Trinajstić information content (AvgIpc) is 2.80. The van der Waals surface area contributed by atoms with E-state index in [0.717, 1.165) is 31.9 Å². The Morgan fingerprint density at radius 1 is 1.06 bits per heavy atom. The van der Waals surface area contributed by atoms with E-state index in [-0.39, 0.29) is 6.04 Å². The van der Waals surface area contributed by atoms with Crippen LogP contribution < -0.4 is 9.64 Å². The van der Waals surface area contributed by atoms with Gasteiger partial charge in [-0.3, -0.25) is 4.90 Å². The fourth-order valence-electron chi connectivity index (χ4n) is 3.82. The molecule has 158 valence electrons. The molecule has 0 N–H and O–H groups in total. The maximum absolute atomic E-state index is 9.16. The number of rotatable bonds is 6. The molecule has 5 nitrogen and oxygen atoms in total. The third kappa shape index (κ3) is 5.29. The minimum absolute atomic E-state index is 0.103. The first-order valence-corrected chi connectivity index (χ1v) is 10.9. The highest BCUT2D eigenvalue weighted by molar-refractivity contribution is 6.33. The molecule has 2 heterocycles. The number of nitriles is 1. The van der Waals surface area contributed by atoms with Gasteiger partial charge in [0, 0.05) is 43.5 Å². The van der Waals surface area contributed by atoms with Crippen molar-refractivity contribution >= 4 is 28.9 Å². The highest BCUT2D eigenvalue weighted by Gasteiger charge is 2.29. The van der Waals surface area contributed by atoms with Gasteiger partial charge in [0.2, 0.25) is 5.88 Å². The van der Waals surface area contributed by atoms with Gasteiger partial charge in [0.1, 0.15) is 6.61 Å². The van der Waals surface area contributed by atoms with E-state index >= 15 is 0 Å². The van der Waals surface area contributed by atoms with Gasteiger partial charge >= 0.3 is 0 Å². The van der Waals surface area contributed by atoms with Gasteiger partial charge in [-0.1, -0.05) is 41.4 Å². The maximum atomic E-state index is 9.16. The van der Waals surface area contributed by atoms with Crippen LogP contribution in [0.5, 0.6) is 5.88 Å². The molecule has 0 saturated carbocycles. The SMILES string of the molecule is N#Cc1ccc(N2CCN(CCOc3ccccn3)C[C@H]2c2ccc(Cl)cc2)c(Cl)c1. The maximum Gasteiger partial charge on any atom is 0.213 e. The second-order valence-corrected chi connectivity index (χ2v) is 8.20. The van der Waals surface area contributed by atoms with Gasteiger partial charge in [0.15, 0.2) is 0 Å². The summed E-state index contributed by atoms with van der Waals surface area (Å²) >= 11 is 12.7. The molecule has 1 saturated heterocycles. The minimum Gasteiger partial charge on any atom is -0.476 e. The topological polar surface area (TPSA) is 52.4 Å². The summed E-state index contributed by atoms with van der Waals surface area (Å²) < 4.78 is 5.79. The van der Waals surface area contributed by atoms with Crippen LogP contribution in [-0.4, -0.2) is 42.7 Å². The predicted molar refractivity (Wildman–Crippen MR) is 124 cm³/mol. The van der Waals surface area contributed by atoms with E-state index in [9.17, 15) is 0 Å². The number of aromatic nitrogens is 1. The van der Waals surface area contributed by atoms with Crippen LogP contribution in [0.3, 0.4) is 0 Å². The molecule has 31 heavy (non-hydrogen) atoms. The highest BCUT2D eigenvalue weighted by Crippen LogP contribution is 2.36. The van der Waals surface area contributed by atoms with Crippen LogP contribution in [0.2, 0.25) is 10.0 Å². The average molecular weight is 453 g/mol. The van der Waals surface area contributed by atoms with E-state index in [4.69, 9.17) is 33.2 Å². The highest BCUT2D eigenvalue weighted by atomic mass is 35.5. The van der Waals surface area contributed by atoms with Crippen LogP contribution in [-0.2, 0) is 0 Å².